The van der Waals surface area contributed by atoms with Crippen LogP contribution in [0.25, 0.3) is 0 Å². The van der Waals surface area contributed by atoms with Gasteiger partial charge in [0.2, 0.25) is 5.91 Å². The third-order valence-electron chi connectivity index (χ3n) is 3.87. The van der Waals surface area contributed by atoms with Crippen molar-refractivity contribution in [3.63, 3.8) is 0 Å². The highest BCUT2D eigenvalue weighted by Gasteiger charge is 2.34. The van der Waals surface area contributed by atoms with Gasteiger partial charge in [0.15, 0.2) is 0 Å². The molecule has 1 unspecified atom stereocenters. The molecule has 2 rings (SSSR count). The van der Waals surface area contributed by atoms with E-state index >= 15 is 0 Å². The van der Waals surface area contributed by atoms with Gasteiger partial charge in [-0.25, -0.2) is 0 Å². The molecule has 0 aromatic rings. The van der Waals surface area contributed by atoms with Crippen molar-refractivity contribution < 1.29 is 14.6 Å². The van der Waals surface area contributed by atoms with E-state index in [2.05, 4.69) is 5.32 Å². The summed E-state index contributed by atoms with van der Waals surface area (Å²) >= 11 is 0. The fourth-order valence-electron chi connectivity index (χ4n) is 2.44. The van der Waals surface area contributed by atoms with Gasteiger partial charge in [0.05, 0.1) is 11.7 Å². The third kappa shape index (κ3) is 3.96. The van der Waals surface area contributed by atoms with Crippen LogP contribution in [0, 0.1) is 0 Å². The molecule has 1 aliphatic carbocycles. The standard InChI is InChI=1S/C13H23NO3/c15-12(14-10-13(16)7-3-8-13)6-5-11-4-1-2-9-17-11/h11,16H,1-10H2,(H,14,15). The van der Waals surface area contributed by atoms with Crippen molar-refractivity contribution in [2.45, 2.75) is 63.1 Å². The molecular weight excluding hydrogens is 218 g/mol. The van der Waals surface area contributed by atoms with Gasteiger partial charge in [0, 0.05) is 19.6 Å². The zero-order valence-electron chi connectivity index (χ0n) is 10.4. The molecule has 0 aromatic carbocycles. The molecule has 0 spiro atoms. The smallest absolute Gasteiger partial charge is 0.220 e. The second-order valence-corrected chi connectivity index (χ2v) is 5.38. The second-order valence-electron chi connectivity index (χ2n) is 5.38. The Morgan fingerprint density at radius 2 is 2.18 bits per heavy atom. The Bertz CT molecular complexity index is 257. The lowest BCUT2D eigenvalue weighted by atomic mass is 9.80. The normalized spacial score (nSPS) is 27.2. The molecule has 2 N–H and O–H groups in total. The summed E-state index contributed by atoms with van der Waals surface area (Å²) in [7, 11) is 0. The summed E-state index contributed by atoms with van der Waals surface area (Å²) in [4.78, 5) is 11.6. The van der Waals surface area contributed by atoms with Crippen molar-refractivity contribution in [2.75, 3.05) is 13.2 Å². The molecule has 17 heavy (non-hydrogen) atoms. The van der Waals surface area contributed by atoms with E-state index in [1.165, 1.54) is 6.42 Å². The number of carbonyl (C=O) groups is 1. The molecule has 4 heteroatoms. The van der Waals surface area contributed by atoms with Crippen LogP contribution < -0.4 is 5.32 Å². The fraction of sp³-hybridized carbons (Fsp3) is 0.923. The Labute approximate surface area is 103 Å². The molecule has 1 saturated carbocycles. The van der Waals surface area contributed by atoms with Crippen molar-refractivity contribution in [3.8, 4) is 0 Å². The number of hydrogen-bond acceptors (Lipinski definition) is 3. The summed E-state index contributed by atoms with van der Waals surface area (Å²) < 4.78 is 5.58. The minimum absolute atomic E-state index is 0.0412. The van der Waals surface area contributed by atoms with E-state index in [4.69, 9.17) is 4.74 Å². The Kier molecular flexibility index (Phi) is 4.40. The van der Waals surface area contributed by atoms with Gasteiger partial charge in [0.1, 0.15) is 0 Å². The molecule has 0 aromatic heterocycles. The van der Waals surface area contributed by atoms with E-state index in [0.717, 1.165) is 45.1 Å². The summed E-state index contributed by atoms with van der Waals surface area (Å²) in [6, 6.07) is 0. The van der Waals surface area contributed by atoms with Crippen molar-refractivity contribution in [2.24, 2.45) is 0 Å². The summed E-state index contributed by atoms with van der Waals surface area (Å²) in [6.07, 6.45) is 7.74. The molecule has 1 heterocycles. The topological polar surface area (TPSA) is 58.6 Å². The largest absolute Gasteiger partial charge is 0.388 e. The third-order valence-corrected chi connectivity index (χ3v) is 3.87. The van der Waals surface area contributed by atoms with E-state index in [1.807, 2.05) is 0 Å². The van der Waals surface area contributed by atoms with Crippen LogP contribution >= 0.6 is 0 Å². The van der Waals surface area contributed by atoms with Crippen LogP contribution in [0.2, 0.25) is 0 Å². The summed E-state index contributed by atoms with van der Waals surface area (Å²) in [5.41, 5.74) is -0.614. The lowest BCUT2D eigenvalue weighted by Crippen LogP contribution is -2.47. The van der Waals surface area contributed by atoms with Crippen LogP contribution in [0.4, 0.5) is 0 Å². The predicted molar refractivity (Wildman–Crippen MR) is 64.6 cm³/mol. The van der Waals surface area contributed by atoms with Gasteiger partial charge in [0.25, 0.3) is 0 Å². The lowest BCUT2D eigenvalue weighted by Gasteiger charge is -2.36. The summed E-state index contributed by atoms with van der Waals surface area (Å²) in [6.45, 7) is 1.25. The zero-order valence-corrected chi connectivity index (χ0v) is 10.4. The van der Waals surface area contributed by atoms with Crippen LogP contribution in [0.5, 0.6) is 0 Å². The molecule has 4 nitrogen and oxygen atoms in total. The number of amides is 1. The van der Waals surface area contributed by atoms with Crippen LogP contribution in [-0.4, -0.2) is 35.9 Å². The number of hydrogen-bond donors (Lipinski definition) is 2. The van der Waals surface area contributed by atoms with Gasteiger partial charge in [-0.2, -0.15) is 0 Å². The van der Waals surface area contributed by atoms with E-state index in [-0.39, 0.29) is 12.0 Å². The molecule has 1 amide bonds. The SMILES string of the molecule is O=C(CCC1CCCCO1)NCC1(O)CCC1. The quantitative estimate of drug-likeness (QED) is 0.764. The number of aliphatic hydroxyl groups is 1. The Morgan fingerprint density at radius 3 is 2.76 bits per heavy atom. The predicted octanol–water partition coefficient (Wildman–Crippen LogP) is 1.37. The zero-order chi connectivity index (χ0) is 12.1. The maximum Gasteiger partial charge on any atom is 0.220 e. The average molecular weight is 241 g/mol. The molecule has 1 saturated heterocycles. The lowest BCUT2D eigenvalue weighted by molar-refractivity contribution is -0.124. The molecule has 0 bridgehead atoms. The maximum atomic E-state index is 11.6. The first kappa shape index (κ1) is 12.8. The molecule has 2 aliphatic rings. The number of carbonyl (C=O) groups excluding carboxylic acids is 1. The highest BCUT2D eigenvalue weighted by molar-refractivity contribution is 5.75. The van der Waals surface area contributed by atoms with Crippen LogP contribution in [-0.2, 0) is 9.53 Å². The van der Waals surface area contributed by atoms with E-state index in [0.29, 0.717) is 13.0 Å². The maximum absolute atomic E-state index is 11.6. The van der Waals surface area contributed by atoms with E-state index in [1.54, 1.807) is 0 Å². The van der Waals surface area contributed by atoms with Gasteiger partial charge in [-0.1, -0.05) is 0 Å². The number of nitrogens with one attached hydrogen (secondary N) is 1. The Hall–Kier alpha value is -0.610. The molecule has 98 valence electrons. The minimum Gasteiger partial charge on any atom is -0.388 e. The van der Waals surface area contributed by atoms with Gasteiger partial charge < -0.3 is 15.2 Å². The highest BCUT2D eigenvalue weighted by Crippen LogP contribution is 2.30. The monoisotopic (exact) mass is 241 g/mol. The van der Waals surface area contributed by atoms with Gasteiger partial charge in [-0.3, -0.25) is 4.79 Å². The molecular formula is C13H23NO3. The Morgan fingerprint density at radius 1 is 1.35 bits per heavy atom. The van der Waals surface area contributed by atoms with Gasteiger partial charge >= 0.3 is 0 Å². The first-order valence-electron chi connectivity index (χ1n) is 6.79. The van der Waals surface area contributed by atoms with Crippen LogP contribution in [0.15, 0.2) is 0 Å². The van der Waals surface area contributed by atoms with Crippen molar-refractivity contribution in [1.29, 1.82) is 0 Å². The summed E-state index contributed by atoms with van der Waals surface area (Å²) in [5, 5.41) is 12.7. The molecule has 2 fully saturated rings. The van der Waals surface area contributed by atoms with Crippen LogP contribution in [0.1, 0.15) is 51.4 Å². The van der Waals surface area contributed by atoms with E-state index in [9.17, 15) is 9.90 Å². The van der Waals surface area contributed by atoms with Crippen molar-refractivity contribution >= 4 is 5.91 Å². The fourth-order valence-corrected chi connectivity index (χ4v) is 2.44. The van der Waals surface area contributed by atoms with Crippen molar-refractivity contribution in [3.05, 3.63) is 0 Å². The highest BCUT2D eigenvalue weighted by atomic mass is 16.5. The molecule has 0 radical (unpaired) electrons. The number of ether oxygens (including phenoxy) is 1. The second kappa shape index (κ2) is 5.83. The van der Waals surface area contributed by atoms with Gasteiger partial charge in [-0.05, 0) is 44.9 Å². The van der Waals surface area contributed by atoms with Gasteiger partial charge in [-0.15, -0.1) is 0 Å². The minimum atomic E-state index is -0.614. The molecule has 1 atom stereocenters. The van der Waals surface area contributed by atoms with Crippen molar-refractivity contribution in [1.82, 2.24) is 5.32 Å². The number of rotatable bonds is 5. The molecule has 1 aliphatic heterocycles. The Balaban J connectivity index is 1.57. The average Bonchev–Trinajstić information content (AvgIpc) is 2.33. The van der Waals surface area contributed by atoms with Crippen LogP contribution in [0.3, 0.4) is 0 Å². The van der Waals surface area contributed by atoms with E-state index < -0.39 is 5.60 Å². The first-order valence-corrected chi connectivity index (χ1v) is 6.79. The summed E-state index contributed by atoms with van der Waals surface area (Å²) in [5.74, 6) is 0.0412. The first-order chi connectivity index (χ1) is 8.18.